The molecule has 0 aromatic carbocycles. The molecule has 0 fully saturated rings. The highest BCUT2D eigenvalue weighted by atomic mass is 31.2. The monoisotopic (exact) mass is 1370 g/mol. The van der Waals surface area contributed by atoms with Gasteiger partial charge in [0.25, 0.3) is 0 Å². The number of carbonyl (C=O) groups is 4. The summed E-state index contributed by atoms with van der Waals surface area (Å²) in [5.74, 6) is 0.958. The summed E-state index contributed by atoms with van der Waals surface area (Å²) in [4.78, 5) is 72.7. The molecular formula is C74H144O17P2. The Kier molecular flexibility index (Phi) is 62.2. The van der Waals surface area contributed by atoms with Gasteiger partial charge in [0.05, 0.1) is 26.4 Å². The summed E-state index contributed by atoms with van der Waals surface area (Å²) in [6.07, 6.45) is 47.1. The van der Waals surface area contributed by atoms with Gasteiger partial charge in [0.2, 0.25) is 0 Å². The van der Waals surface area contributed by atoms with Gasteiger partial charge < -0.3 is 33.8 Å². The SMILES string of the molecule is CCC(C)CCCCCCCCCCCCC(=O)O[C@H](COC(=O)CCCCCCCCC(C)CC)COP(=O)(O)OC[C@H](O)COP(=O)(O)OC[C@@H](COC(=O)CCCCCCCCCCCCCC(C)C)OC(=O)CCCCCCCCCCCCCCC(C)C. The largest absolute Gasteiger partial charge is 0.472 e. The molecule has 0 aliphatic rings. The van der Waals surface area contributed by atoms with E-state index >= 15 is 0 Å². The Bertz CT molecular complexity index is 1840. The highest BCUT2D eigenvalue weighted by Crippen LogP contribution is 2.45. The number of aliphatic hydroxyl groups excluding tert-OH is 1. The van der Waals surface area contributed by atoms with E-state index in [1.54, 1.807) is 0 Å². The molecule has 3 N–H and O–H groups in total. The minimum atomic E-state index is -4.96. The molecule has 552 valence electrons. The standard InChI is InChI=1S/C74H144O17P2/c1-9-66(7)52-44-36-28-22-18-19-25-31-41-49-57-74(79)91-70(61-85-72(77)55-47-39-33-32-37-45-53-67(8)10-2)63-89-93(82,83)87-59-68(75)58-86-92(80,81)88-62-69(60-84-71(76)54-46-38-29-23-17-13-15-21-27-35-43-51-65(5)6)90-73(78)56-48-40-30-24-16-12-11-14-20-26-34-42-50-64(3)4/h64-70,75H,9-63H2,1-8H3,(H,80,81)(H,82,83)/t66?,67?,68-,69-,70-/m1/s1. The molecule has 0 saturated heterocycles. The van der Waals surface area contributed by atoms with Crippen LogP contribution in [0.2, 0.25) is 0 Å². The van der Waals surface area contributed by atoms with Crippen LogP contribution in [-0.2, 0) is 65.4 Å². The third-order valence-corrected chi connectivity index (χ3v) is 19.7. The van der Waals surface area contributed by atoms with Gasteiger partial charge in [-0.3, -0.25) is 37.3 Å². The van der Waals surface area contributed by atoms with Gasteiger partial charge in [0.1, 0.15) is 19.3 Å². The molecule has 0 aromatic heterocycles. The van der Waals surface area contributed by atoms with Crippen molar-refractivity contribution >= 4 is 39.5 Å². The maximum absolute atomic E-state index is 13.1. The van der Waals surface area contributed by atoms with E-state index in [1.807, 2.05) is 0 Å². The van der Waals surface area contributed by atoms with Crippen LogP contribution in [0.3, 0.4) is 0 Å². The lowest BCUT2D eigenvalue weighted by Crippen LogP contribution is -2.30. The molecule has 0 bridgehead atoms. The normalized spacial score (nSPS) is 14.8. The molecular weight excluding hydrogens is 1220 g/mol. The zero-order chi connectivity index (χ0) is 68.9. The summed E-state index contributed by atoms with van der Waals surface area (Å²) >= 11 is 0. The van der Waals surface area contributed by atoms with E-state index in [0.29, 0.717) is 25.7 Å². The van der Waals surface area contributed by atoms with Gasteiger partial charge in [-0.2, -0.15) is 0 Å². The molecule has 93 heavy (non-hydrogen) atoms. The lowest BCUT2D eigenvalue weighted by molar-refractivity contribution is -0.161. The van der Waals surface area contributed by atoms with Gasteiger partial charge in [0.15, 0.2) is 12.2 Å². The lowest BCUT2D eigenvalue weighted by atomic mass is 9.99. The van der Waals surface area contributed by atoms with Crippen molar-refractivity contribution in [2.75, 3.05) is 39.6 Å². The average molecular weight is 1370 g/mol. The van der Waals surface area contributed by atoms with Crippen molar-refractivity contribution in [3.8, 4) is 0 Å². The summed E-state index contributed by atoms with van der Waals surface area (Å²) in [6, 6.07) is 0. The Morgan fingerprint density at radius 3 is 0.763 bits per heavy atom. The molecule has 0 saturated carbocycles. The molecule has 17 nitrogen and oxygen atoms in total. The summed E-state index contributed by atoms with van der Waals surface area (Å²) in [5.41, 5.74) is 0. The smallest absolute Gasteiger partial charge is 0.462 e. The number of ether oxygens (including phenoxy) is 4. The van der Waals surface area contributed by atoms with Crippen molar-refractivity contribution in [1.82, 2.24) is 0 Å². The molecule has 0 spiro atoms. The summed E-state index contributed by atoms with van der Waals surface area (Å²) in [5, 5.41) is 10.6. The number of carbonyl (C=O) groups excluding carboxylic acids is 4. The number of phosphoric ester groups is 2. The van der Waals surface area contributed by atoms with Crippen molar-refractivity contribution in [1.29, 1.82) is 0 Å². The Balaban J connectivity index is 5.27. The number of hydrogen-bond donors (Lipinski definition) is 3. The first kappa shape index (κ1) is 91.1. The number of esters is 4. The predicted octanol–water partition coefficient (Wildman–Crippen LogP) is 21.3. The van der Waals surface area contributed by atoms with E-state index in [-0.39, 0.29) is 25.7 Å². The van der Waals surface area contributed by atoms with Gasteiger partial charge in [-0.25, -0.2) is 9.13 Å². The van der Waals surface area contributed by atoms with Crippen LogP contribution in [0.25, 0.3) is 0 Å². The molecule has 4 unspecified atom stereocenters. The number of rotatable bonds is 71. The van der Waals surface area contributed by atoms with Crippen LogP contribution in [0.15, 0.2) is 0 Å². The zero-order valence-electron chi connectivity index (χ0n) is 60.9. The molecule has 0 aliphatic carbocycles. The highest BCUT2D eigenvalue weighted by Gasteiger charge is 2.30. The van der Waals surface area contributed by atoms with Crippen LogP contribution >= 0.6 is 15.6 Å². The van der Waals surface area contributed by atoms with E-state index in [4.69, 9.17) is 37.0 Å². The summed E-state index contributed by atoms with van der Waals surface area (Å²) < 4.78 is 68.5. The Morgan fingerprint density at radius 2 is 0.516 bits per heavy atom. The molecule has 7 atom stereocenters. The number of phosphoric acid groups is 2. The highest BCUT2D eigenvalue weighted by molar-refractivity contribution is 7.47. The Labute approximate surface area is 568 Å². The summed E-state index contributed by atoms with van der Waals surface area (Å²) in [6.45, 7) is 14.2. The molecule has 0 amide bonds. The first-order chi connectivity index (χ1) is 44.7. The van der Waals surface area contributed by atoms with Gasteiger partial charge in [-0.05, 0) is 49.4 Å². The fourth-order valence-electron chi connectivity index (χ4n) is 11.1. The second-order valence-electron chi connectivity index (χ2n) is 28.1. The predicted molar refractivity (Wildman–Crippen MR) is 377 cm³/mol. The van der Waals surface area contributed by atoms with Gasteiger partial charge >= 0.3 is 39.5 Å². The minimum absolute atomic E-state index is 0.105. The topological polar surface area (TPSA) is 237 Å². The Hall–Kier alpha value is -1.94. The minimum Gasteiger partial charge on any atom is -0.462 e. The molecule has 0 aromatic rings. The maximum Gasteiger partial charge on any atom is 0.472 e. The lowest BCUT2D eigenvalue weighted by Gasteiger charge is -2.21. The zero-order valence-corrected chi connectivity index (χ0v) is 62.7. The van der Waals surface area contributed by atoms with E-state index in [0.717, 1.165) is 120 Å². The third-order valence-electron chi connectivity index (χ3n) is 17.8. The molecule has 19 heteroatoms. The number of hydrogen-bond acceptors (Lipinski definition) is 15. The van der Waals surface area contributed by atoms with Crippen molar-refractivity contribution in [2.45, 2.75) is 388 Å². The molecule has 0 aliphatic heterocycles. The van der Waals surface area contributed by atoms with Crippen LogP contribution in [0, 0.1) is 23.7 Å². The Morgan fingerprint density at radius 1 is 0.301 bits per heavy atom. The third kappa shape index (κ3) is 65.8. The van der Waals surface area contributed by atoms with E-state index in [9.17, 15) is 43.2 Å². The fourth-order valence-corrected chi connectivity index (χ4v) is 12.7. The average Bonchev–Trinajstić information content (AvgIpc) is 2.00. The number of aliphatic hydroxyl groups is 1. The molecule has 0 heterocycles. The van der Waals surface area contributed by atoms with Crippen molar-refractivity contribution in [3.63, 3.8) is 0 Å². The molecule has 0 radical (unpaired) electrons. The van der Waals surface area contributed by atoms with Gasteiger partial charge in [0, 0.05) is 25.7 Å². The van der Waals surface area contributed by atoms with Crippen molar-refractivity contribution in [3.05, 3.63) is 0 Å². The fraction of sp³-hybridized carbons (Fsp3) is 0.946. The van der Waals surface area contributed by atoms with Crippen LogP contribution in [0.4, 0.5) is 0 Å². The molecule has 0 rings (SSSR count). The maximum atomic E-state index is 13.1. The van der Waals surface area contributed by atoms with Gasteiger partial charge in [-0.15, -0.1) is 0 Å². The number of unbranched alkanes of at least 4 members (excludes halogenated alkanes) is 35. The van der Waals surface area contributed by atoms with Crippen LogP contribution in [0.1, 0.15) is 370 Å². The quantitative estimate of drug-likeness (QED) is 0.0222. The second-order valence-corrected chi connectivity index (χ2v) is 31.0. The van der Waals surface area contributed by atoms with Crippen LogP contribution in [0.5, 0.6) is 0 Å². The van der Waals surface area contributed by atoms with E-state index < -0.39 is 97.5 Å². The van der Waals surface area contributed by atoms with Crippen LogP contribution in [-0.4, -0.2) is 96.7 Å². The van der Waals surface area contributed by atoms with Gasteiger partial charge in [-0.1, -0.05) is 319 Å². The summed E-state index contributed by atoms with van der Waals surface area (Å²) in [7, 11) is -9.91. The van der Waals surface area contributed by atoms with E-state index in [2.05, 4.69) is 55.4 Å². The second kappa shape index (κ2) is 63.5. The van der Waals surface area contributed by atoms with Crippen molar-refractivity contribution < 1.29 is 80.2 Å². The van der Waals surface area contributed by atoms with Crippen LogP contribution < -0.4 is 0 Å². The first-order valence-electron chi connectivity index (χ1n) is 38.3. The van der Waals surface area contributed by atoms with Crippen molar-refractivity contribution in [2.24, 2.45) is 23.7 Å². The van der Waals surface area contributed by atoms with E-state index in [1.165, 1.54) is 167 Å². The first-order valence-corrected chi connectivity index (χ1v) is 41.3.